The fourth-order valence-electron chi connectivity index (χ4n) is 2.69. The third-order valence-electron chi connectivity index (χ3n) is 4.46. The standard InChI is InChI=1S/C22H26N4O3S/c1-5-28-18-12-10-17(11-13-18)23-21(27)16(3)30-22-25-24-20(26(22)4)14-29-19-9-7-6-8-15(19)2/h6-13,16H,5,14H2,1-4H3,(H,23,27). The molecule has 0 saturated carbocycles. The Morgan fingerprint density at radius 1 is 1.13 bits per heavy atom. The van der Waals surface area contributed by atoms with Crippen LogP contribution >= 0.6 is 11.8 Å². The highest BCUT2D eigenvalue weighted by Crippen LogP contribution is 2.24. The molecular formula is C22H26N4O3S. The molecule has 1 heterocycles. The Kier molecular flexibility index (Phi) is 7.35. The van der Waals surface area contributed by atoms with Crippen LogP contribution in [-0.4, -0.2) is 32.5 Å². The van der Waals surface area contributed by atoms with E-state index in [1.807, 2.05) is 80.9 Å². The number of nitrogens with zero attached hydrogens (tertiary/aromatic N) is 3. The second-order valence-electron chi connectivity index (χ2n) is 6.72. The zero-order valence-corrected chi connectivity index (χ0v) is 18.4. The molecule has 158 valence electrons. The van der Waals surface area contributed by atoms with Crippen LogP contribution < -0.4 is 14.8 Å². The zero-order chi connectivity index (χ0) is 21.5. The van der Waals surface area contributed by atoms with Gasteiger partial charge in [0.05, 0.1) is 11.9 Å². The first-order valence-electron chi connectivity index (χ1n) is 9.75. The number of aromatic nitrogens is 3. The van der Waals surface area contributed by atoms with Gasteiger partial charge in [-0.15, -0.1) is 10.2 Å². The molecule has 1 aromatic heterocycles. The first kappa shape index (κ1) is 21.7. The average Bonchev–Trinajstić information content (AvgIpc) is 3.08. The Labute approximate surface area is 180 Å². The van der Waals surface area contributed by atoms with Crippen molar-refractivity contribution in [2.45, 2.75) is 37.8 Å². The van der Waals surface area contributed by atoms with E-state index >= 15 is 0 Å². The zero-order valence-electron chi connectivity index (χ0n) is 17.6. The number of hydrogen-bond acceptors (Lipinski definition) is 6. The smallest absolute Gasteiger partial charge is 0.237 e. The molecular weight excluding hydrogens is 400 g/mol. The van der Waals surface area contributed by atoms with Crippen molar-refractivity contribution in [1.29, 1.82) is 0 Å². The van der Waals surface area contributed by atoms with Gasteiger partial charge in [-0.1, -0.05) is 30.0 Å². The first-order valence-corrected chi connectivity index (χ1v) is 10.6. The van der Waals surface area contributed by atoms with E-state index in [1.54, 1.807) is 0 Å². The van der Waals surface area contributed by atoms with Crippen LogP contribution in [0.5, 0.6) is 11.5 Å². The number of hydrogen-bond donors (Lipinski definition) is 1. The summed E-state index contributed by atoms with van der Waals surface area (Å²) in [7, 11) is 1.87. The fourth-order valence-corrected chi connectivity index (χ4v) is 3.52. The molecule has 0 aliphatic heterocycles. The molecule has 2 aromatic carbocycles. The van der Waals surface area contributed by atoms with Gasteiger partial charge in [0.1, 0.15) is 18.1 Å². The van der Waals surface area contributed by atoms with Gasteiger partial charge < -0.3 is 19.4 Å². The van der Waals surface area contributed by atoms with Gasteiger partial charge in [-0.3, -0.25) is 4.79 Å². The Balaban J connectivity index is 1.56. The normalized spacial score (nSPS) is 11.7. The number of benzene rings is 2. The maximum absolute atomic E-state index is 12.5. The lowest BCUT2D eigenvalue weighted by atomic mass is 10.2. The van der Waals surface area contributed by atoms with E-state index in [-0.39, 0.29) is 11.2 Å². The minimum absolute atomic E-state index is 0.107. The molecule has 3 aromatic rings. The van der Waals surface area contributed by atoms with Crippen LogP contribution in [0.2, 0.25) is 0 Å². The molecule has 1 unspecified atom stereocenters. The number of carbonyl (C=O) groups excluding carboxylic acids is 1. The van der Waals surface area contributed by atoms with E-state index in [1.165, 1.54) is 11.8 Å². The Morgan fingerprint density at radius 2 is 1.87 bits per heavy atom. The molecule has 0 aliphatic rings. The lowest BCUT2D eigenvalue weighted by Crippen LogP contribution is -2.22. The largest absolute Gasteiger partial charge is 0.494 e. The summed E-state index contributed by atoms with van der Waals surface area (Å²) in [5.74, 6) is 2.18. The molecule has 0 radical (unpaired) electrons. The van der Waals surface area contributed by atoms with Crippen LogP contribution in [0, 0.1) is 6.92 Å². The van der Waals surface area contributed by atoms with Gasteiger partial charge in [0, 0.05) is 12.7 Å². The highest BCUT2D eigenvalue weighted by molar-refractivity contribution is 8.00. The van der Waals surface area contributed by atoms with Crippen LogP contribution in [0.3, 0.4) is 0 Å². The van der Waals surface area contributed by atoms with Crippen LogP contribution in [0.15, 0.2) is 53.7 Å². The van der Waals surface area contributed by atoms with Crippen LogP contribution in [-0.2, 0) is 18.4 Å². The van der Waals surface area contributed by atoms with Crippen molar-refractivity contribution in [3.05, 3.63) is 59.9 Å². The number of rotatable bonds is 9. The molecule has 1 atom stereocenters. The maximum atomic E-state index is 12.5. The highest BCUT2D eigenvalue weighted by atomic mass is 32.2. The van der Waals surface area contributed by atoms with Crippen molar-refractivity contribution in [2.24, 2.45) is 7.05 Å². The molecule has 7 nitrogen and oxygen atoms in total. The summed E-state index contributed by atoms with van der Waals surface area (Å²) in [5.41, 5.74) is 1.79. The first-order chi connectivity index (χ1) is 14.5. The number of ether oxygens (including phenoxy) is 2. The number of aryl methyl sites for hydroxylation is 1. The third-order valence-corrected chi connectivity index (χ3v) is 5.59. The molecule has 0 spiro atoms. The van der Waals surface area contributed by atoms with Crippen molar-refractivity contribution < 1.29 is 14.3 Å². The summed E-state index contributed by atoms with van der Waals surface area (Å²) in [6, 6.07) is 15.1. The van der Waals surface area contributed by atoms with E-state index in [9.17, 15) is 4.79 Å². The van der Waals surface area contributed by atoms with Gasteiger partial charge in [-0.2, -0.15) is 0 Å². The number of para-hydroxylation sites is 1. The van der Waals surface area contributed by atoms with Crippen molar-refractivity contribution >= 4 is 23.4 Å². The predicted molar refractivity (Wildman–Crippen MR) is 118 cm³/mol. The molecule has 1 amide bonds. The summed E-state index contributed by atoms with van der Waals surface area (Å²) >= 11 is 1.35. The van der Waals surface area contributed by atoms with Gasteiger partial charge >= 0.3 is 0 Å². The van der Waals surface area contributed by atoms with E-state index in [4.69, 9.17) is 9.47 Å². The van der Waals surface area contributed by atoms with Gasteiger partial charge in [-0.05, 0) is 56.7 Å². The highest BCUT2D eigenvalue weighted by Gasteiger charge is 2.19. The number of carbonyl (C=O) groups is 1. The SMILES string of the molecule is CCOc1ccc(NC(=O)C(C)Sc2nnc(COc3ccccc3C)n2C)cc1. The quantitative estimate of drug-likeness (QED) is 0.516. The Morgan fingerprint density at radius 3 is 2.57 bits per heavy atom. The molecule has 0 saturated heterocycles. The fraction of sp³-hybridized carbons (Fsp3) is 0.318. The van der Waals surface area contributed by atoms with Crippen LogP contribution in [0.4, 0.5) is 5.69 Å². The molecule has 30 heavy (non-hydrogen) atoms. The number of nitrogens with one attached hydrogen (secondary N) is 1. The van der Waals surface area contributed by atoms with Crippen molar-refractivity contribution in [2.75, 3.05) is 11.9 Å². The van der Waals surface area contributed by atoms with Gasteiger partial charge in [0.15, 0.2) is 11.0 Å². The number of thioether (sulfide) groups is 1. The van der Waals surface area contributed by atoms with Crippen LogP contribution in [0.1, 0.15) is 25.2 Å². The molecule has 1 N–H and O–H groups in total. The minimum atomic E-state index is -0.343. The molecule has 0 fully saturated rings. The van der Waals surface area contributed by atoms with E-state index < -0.39 is 0 Å². The number of anilines is 1. The van der Waals surface area contributed by atoms with Gasteiger partial charge in [0.2, 0.25) is 5.91 Å². The summed E-state index contributed by atoms with van der Waals surface area (Å²) < 4.78 is 13.1. The predicted octanol–water partition coefficient (Wildman–Crippen LogP) is 4.22. The average molecular weight is 427 g/mol. The Bertz CT molecular complexity index is 988. The van der Waals surface area contributed by atoms with E-state index in [2.05, 4.69) is 15.5 Å². The molecule has 3 rings (SSSR count). The second kappa shape index (κ2) is 10.2. The monoisotopic (exact) mass is 426 g/mol. The minimum Gasteiger partial charge on any atom is -0.494 e. The summed E-state index contributed by atoms with van der Waals surface area (Å²) in [6.07, 6.45) is 0. The molecule has 8 heteroatoms. The third kappa shape index (κ3) is 5.54. The van der Waals surface area contributed by atoms with Gasteiger partial charge in [-0.25, -0.2) is 0 Å². The lowest BCUT2D eigenvalue weighted by Gasteiger charge is -2.12. The number of amides is 1. The van der Waals surface area contributed by atoms with E-state index in [0.717, 1.165) is 22.7 Å². The molecule has 0 aliphatic carbocycles. The summed E-state index contributed by atoms with van der Waals surface area (Å²) in [4.78, 5) is 12.5. The molecule has 0 bridgehead atoms. The van der Waals surface area contributed by atoms with Crippen molar-refractivity contribution in [3.63, 3.8) is 0 Å². The lowest BCUT2D eigenvalue weighted by molar-refractivity contribution is -0.115. The topological polar surface area (TPSA) is 78.3 Å². The Hall–Kier alpha value is -3.00. The second-order valence-corrected chi connectivity index (χ2v) is 8.03. The van der Waals surface area contributed by atoms with Crippen molar-refractivity contribution in [3.8, 4) is 11.5 Å². The summed E-state index contributed by atoms with van der Waals surface area (Å²) in [6.45, 7) is 6.68. The summed E-state index contributed by atoms with van der Waals surface area (Å²) in [5, 5.41) is 11.6. The van der Waals surface area contributed by atoms with E-state index in [0.29, 0.717) is 24.2 Å². The van der Waals surface area contributed by atoms with Gasteiger partial charge in [0.25, 0.3) is 0 Å². The maximum Gasteiger partial charge on any atom is 0.237 e. The van der Waals surface area contributed by atoms with Crippen molar-refractivity contribution in [1.82, 2.24) is 14.8 Å². The van der Waals surface area contributed by atoms with Crippen LogP contribution in [0.25, 0.3) is 0 Å².